The summed E-state index contributed by atoms with van der Waals surface area (Å²) in [4.78, 5) is 8.65. The van der Waals surface area contributed by atoms with Crippen molar-refractivity contribution in [2.24, 2.45) is 0 Å². The van der Waals surface area contributed by atoms with E-state index in [1.54, 1.807) is 6.20 Å². The van der Waals surface area contributed by atoms with E-state index in [4.69, 9.17) is 11.6 Å². The topological polar surface area (TPSA) is 49.8 Å². The van der Waals surface area contributed by atoms with E-state index in [2.05, 4.69) is 43.5 Å². The van der Waals surface area contributed by atoms with Crippen molar-refractivity contribution in [3.05, 3.63) is 39.5 Å². The molecule has 0 saturated heterocycles. The number of hydrogen-bond donors (Lipinski definition) is 2. The van der Waals surface area contributed by atoms with Gasteiger partial charge in [0.2, 0.25) is 5.95 Å². The molecular weight excluding hydrogens is 340 g/mol. The number of nitrogens with zero attached hydrogens (tertiary/aromatic N) is 2. The van der Waals surface area contributed by atoms with Gasteiger partial charge < -0.3 is 10.6 Å². The van der Waals surface area contributed by atoms with Gasteiger partial charge in [-0.25, -0.2) is 4.98 Å². The van der Waals surface area contributed by atoms with Gasteiger partial charge in [-0.05, 0) is 47.0 Å². The number of rotatable bonds is 5. The van der Waals surface area contributed by atoms with Crippen LogP contribution in [-0.4, -0.2) is 16.5 Å². The minimum Gasteiger partial charge on any atom is -0.354 e. The zero-order valence-corrected chi connectivity index (χ0v) is 13.7. The van der Waals surface area contributed by atoms with Gasteiger partial charge in [-0.1, -0.05) is 24.6 Å². The lowest BCUT2D eigenvalue weighted by molar-refractivity contribution is 0.952. The molecule has 0 atom stereocenters. The van der Waals surface area contributed by atoms with Gasteiger partial charge in [0.25, 0.3) is 0 Å². The Morgan fingerprint density at radius 2 is 2.15 bits per heavy atom. The van der Waals surface area contributed by atoms with E-state index in [9.17, 15) is 0 Å². The molecular formula is C14H16BrClN4. The predicted octanol–water partition coefficient (Wildman–Crippen LogP) is 4.77. The van der Waals surface area contributed by atoms with Crippen molar-refractivity contribution in [3.8, 4) is 0 Å². The molecule has 0 unspecified atom stereocenters. The quantitative estimate of drug-likeness (QED) is 0.811. The highest BCUT2D eigenvalue weighted by atomic mass is 79.9. The number of halogens is 2. The first-order chi connectivity index (χ1) is 9.60. The van der Waals surface area contributed by atoms with Gasteiger partial charge >= 0.3 is 0 Å². The average molecular weight is 356 g/mol. The molecule has 106 valence electrons. The summed E-state index contributed by atoms with van der Waals surface area (Å²) in [6.07, 6.45) is 2.74. The Bertz CT molecular complexity index is 604. The SMILES string of the molecule is CCCNc1ncc(Br)c(Nc2cc(C)ccc2Cl)n1. The highest BCUT2D eigenvalue weighted by Crippen LogP contribution is 2.29. The molecule has 0 aliphatic rings. The first kappa shape index (κ1) is 15.1. The summed E-state index contributed by atoms with van der Waals surface area (Å²) in [5.74, 6) is 1.28. The van der Waals surface area contributed by atoms with Crippen molar-refractivity contribution in [2.75, 3.05) is 17.2 Å². The van der Waals surface area contributed by atoms with E-state index >= 15 is 0 Å². The molecule has 0 spiro atoms. The lowest BCUT2D eigenvalue weighted by Crippen LogP contribution is -2.06. The van der Waals surface area contributed by atoms with Crippen LogP contribution in [0.2, 0.25) is 5.02 Å². The molecule has 0 aliphatic carbocycles. The summed E-state index contributed by atoms with van der Waals surface area (Å²) in [6.45, 7) is 4.95. The number of anilines is 3. The molecule has 0 radical (unpaired) electrons. The molecule has 2 N–H and O–H groups in total. The van der Waals surface area contributed by atoms with Crippen LogP contribution in [-0.2, 0) is 0 Å². The maximum atomic E-state index is 6.19. The van der Waals surface area contributed by atoms with Crippen molar-refractivity contribution in [2.45, 2.75) is 20.3 Å². The third kappa shape index (κ3) is 3.84. The van der Waals surface area contributed by atoms with E-state index in [1.165, 1.54) is 0 Å². The van der Waals surface area contributed by atoms with Crippen LogP contribution in [0, 0.1) is 6.92 Å². The first-order valence-electron chi connectivity index (χ1n) is 6.39. The summed E-state index contributed by atoms with van der Waals surface area (Å²) in [7, 11) is 0. The Balaban J connectivity index is 2.25. The average Bonchev–Trinajstić information content (AvgIpc) is 2.43. The van der Waals surface area contributed by atoms with Gasteiger partial charge in [-0.3, -0.25) is 0 Å². The maximum Gasteiger partial charge on any atom is 0.224 e. The fraction of sp³-hybridized carbons (Fsp3) is 0.286. The van der Waals surface area contributed by atoms with E-state index in [0.717, 1.165) is 28.7 Å². The summed E-state index contributed by atoms with van der Waals surface area (Å²) in [6, 6.07) is 5.82. The fourth-order valence-corrected chi connectivity index (χ4v) is 2.09. The number of nitrogens with one attached hydrogen (secondary N) is 2. The largest absolute Gasteiger partial charge is 0.354 e. The zero-order chi connectivity index (χ0) is 14.5. The molecule has 4 nitrogen and oxygen atoms in total. The van der Waals surface area contributed by atoms with Gasteiger partial charge in [0.15, 0.2) is 0 Å². The van der Waals surface area contributed by atoms with Crippen molar-refractivity contribution in [3.63, 3.8) is 0 Å². The van der Waals surface area contributed by atoms with Crippen molar-refractivity contribution < 1.29 is 0 Å². The molecule has 0 amide bonds. The van der Waals surface area contributed by atoms with Crippen LogP contribution in [0.4, 0.5) is 17.5 Å². The molecule has 2 aromatic rings. The Kier molecular flexibility index (Phi) is 5.20. The molecule has 2 rings (SSSR count). The fourth-order valence-electron chi connectivity index (χ4n) is 1.64. The van der Waals surface area contributed by atoms with E-state index in [0.29, 0.717) is 16.8 Å². The Morgan fingerprint density at radius 3 is 2.90 bits per heavy atom. The van der Waals surface area contributed by atoms with E-state index in [1.807, 2.05) is 25.1 Å². The second-order valence-corrected chi connectivity index (χ2v) is 5.69. The zero-order valence-electron chi connectivity index (χ0n) is 11.4. The Labute approximate surface area is 132 Å². The lowest BCUT2D eigenvalue weighted by atomic mass is 10.2. The van der Waals surface area contributed by atoms with Crippen LogP contribution in [0.5, 0.6) is 0 Å². The van der Waals surface area contributed by atoms with E-state index in [-0.39, 0.29) is 0 Å². The van der Waals surface area contributed by atoms with Crippen molar-refractivity contribution in [1.29, 1.82) is 0 Å². The smallest absolute Gasteiger partial charge is 0.224 e. The summed E-state index contributed by atoms with van der Waals surface area (Å²) < 4.78 is 0.789. The van der Waals surface area contributed by atoms with E-state index < -0.39 is 0 Å². The van der Waals surface area contributed by atoms with Gasteiger partial charge in [-0.15, -0.1) is 0 Å². The summed E-state index contributed by atoms with van der Waals surface area (Å²) >= 11 is 9.63. The van der Waals surface area contributed by atoms with Crippen LogP contribution in [0.25, 0.3) is 0 Å². The van der Waals surface area contributed by atoms with Gasteiger partial charge in [0.1, 0.15) is 5.82 Å². The molecule has 6 heteroatoms. The van der Waals surface area contributed by atoms with Crippen molar-refractivity contribution in [1.82, 2.24) is 9.97 Å². The lowest BCUT2D eigenvalue weighted by Gasteiger charge is -2.11. The standard InChI is InChI=1S/C14H16BrClN4/c1-3-6-17-14-18-8-10(15)13(20-14)19-12-7-9(2)4-5-11(12)16/h4-5,7-8H,3,6H2,1-2H3,(H2,17,18,19,20). The van der Waals surface area contributed by atoms with Crippen LogP contribution >= 0.6 is 27.5 Å². The third-order valence-corrected chi connectivity index (χ3v) is 3.56. The second kappa shape index (κ2) is 6.90. The van der Waals surface area contributed by atoms with Crippen LogP contribution in [0.1, 0.15) is 18.9 Å². The predicted molar refractivity (Wildman–Crippen MR) is 88.0 cm³/mol. The highest BCUT2D eigenvalue weighted by Gasteiger charge is 2.07. The Hall–Kier alpha value is -1.33. The molecule has 0 fully saturated rings. The molecule has 1 heterocycles. The summed E-state index contributed by atoms with van der Waals surface area (Å²) in [5, 5.41) is 7.04. The number of benzene rings is 1. The number of hydrogen-bond acceptors (Lipinski definition) is 4. The third-order valence-electron chi connectivity index (χ3n) is 2.65. The monoisotopic (exact) mass is 354 g/mol. The highest BCUT2D eigenvalue weighted by molar-refractivity contribution is 9.10. The van der Waals surface area contributed by atoms with Crippen LogP contribution in [0.3, 0.4) is 0 Å². The first-order valence-corrected chi connectivity index (χ1v) is 7.57. The molecule has 1 aromatic heterocycles. The minimum atomic E-state index is 0.598. The normalized spacial score (nSPS) is 10.4. The molecule has 0 bridgehead atoms. The van der Waals surface area contributed by atoms with Crippen LogP contribution < -0.4 is 10.6 Å². The number of aryl methyl sites for hydroxylation is 1. The summed E-state index contributed by atoms with van der Waals surface area (Å²) in [5.41, 5.74) is 1.96. The number of aromatic nitrogens is 2. The Morgan fingerprint density at radius 1 is 1.35 bits per heavy atom. The van der Waals surface area contributed by atoms with Crippen LogP contribution in [0.15, 0.2) is 28.9 Å². The second-order valence-electron chi connectivity index (χ2n) is 4.43. The van der Waals surface area contributed by atoms with Gasteiger partial charge in [-0.2, -0.15) is 4.98 Å². The molecule has 0 saturated carbocycles. The van der Waals surface area contributed by atoms with Crippen molar-refractivity contribution >= 4 is 45.0 Å². The minimum absolute atomic E-state index is 0.598. The maximum absolute atomic E-state index is 6.19. The molecule has 0 aliphatic heterocycles. The molecule has 1 aromatic carbocycles. The molecule has 20 heavy (non-hydrogen) atoms. The van der Waals surface area contributed by atoms with Gasteiger partial charge in [0.05, 0.1) is 15.2 Å². The van der Waals surface area contributed by atoms with Gasteiger partial charge in [0, 0.05) is 12.7 Å².